The van der Waals surface area contributed by atoms with E-state index in [4.69, 9.17) is 18.0 Å². The number of nitrogens with two attached hydrogens (primary N) is 1. The summed E-state index contributed by atoms with van der Waals surface area (Å²) in [6.45, 7) is 4.12. The minimum Gasteiger partial charge on any atom is -0.365 e. The number of rotatable bonds is 3. The zero-order valence-corrected chi connectivity index (χ0v) is 16.4. The number of fused-ring (bicyclic) bond motifs is 1. The van der Waals surface area contributed by atoms with Gasteiger partial charge >= 0.3 is 0 Å². The quantitative estimate of drug-likeness (QED) is 0.705. The smallest absolute Gasteiger partial charge is 0.257 e. The molecule has 0 bridgehead atoms. The van der Waals surface area contributed by atoms with Crippen LogP contribution in [0.3, 0.4) is 0 Å². The highest BCUT2D eigenvalue weighted by atomic mass is 32.1. The van der Waals surface area contributed by atoms with Crippen LogP contribution in [-0.4, -0.2) is 16.9 Å². The minimum absolute atomic E-state index is 0.158. The van der Waals surface area contributed by atoms with E-state index in [1.807, 2.05) is 19.1 Å². The minimum atomic E-state index is -0.465. The summed E-state index contributed by atoms with van der Waals surface area (Å²) in [6.07, 6.45) is 2.82. The normalized spacial score (nSPS) is 15.8. The van der Waals surface area contributed by atoms with Gasteiger partial charge in [0, 0.05) is 10.4 Å². The number of primary amides is 1. The summed E-state index contributed by atoms with van der Waals surface area (Å²) in [7, 11) is 0. The molecule has 3 rings (SSSR count). The van der Waals surface area contributed by atoms with Crippen molar-refractivity contribution in [2.45, 2.75) is 33.1 Å². The molecule has 136 valence electrons. The average Bonchev–Trinajstić information content (AvgIpc) is 2.91. The molecule has 0 spiro atoms. The van der Waals surface area contributed by atoms with Gasteiger partial charge in [-0.05, 0) is 62.0 Å². The summed E-state index contributed by atoms with van der Waals surface area (Å²) >= 11 is 6.76. The second-order valence-corrected chi connectivity index (χ2v) is 8.21. The number of hydrogen-bond donors (Lipinski definition) is 3. The molecule has 1 aliphatic rings. The third kappa shape index (κ3) is 3.94. The lowest BCUT2D eigenvalue weighted by Crippen LogP contribution is -2.34. The summed E-state index contributed by atoms with van der Waals surface area (Å²) in [5.41, 5.74) is 8.65. The van der Waals surface area contributed by atoms with Gasteiger partial charge in [-0.1, -0.05) is 24.6 Å². The number of anilines is 1. The molecule has 0 aliphatic heterocycles. The second kappa shape index (κ2) is 7.55. The predicted octanol–water partition coefficient (Wildman–Crippen LogP) is 3.41. The van der Waals surface area contributed by atoms with Crippen molar-refractivity contribution in [2.24, 2.45) is 11.7 Å². The van der Waals surface area contributed by atoms with Gasteiger partial charge in [-0.3, -0.25) is 14.9 Å². The number of hydrogen-bond acceptors (Lipinski definition) is 4. The average molecular weight is 388 g/mol. The maximum atomic E-state index is 12.3. The molecular formula is C19H21N3O2S2. The maximum absolute atomic E-state index is 12.3. The Hall–Kier alpha value is -2.25. The molecule has 0 saturated heterocycles. The molecule has 1 aliphatic carbocycles. The van der Waals surface area contributed by atoms with Crippen LogP contribution in [0.2, 0.25) is 0 Å². The van der Waals surface area contributed by atoms with Crippen LogP contribution in [0.4, 0.5) is 5.00 Å². The van der Waals surface area contributed by atoms with Crippen molar-refractivity contribution >= 4 is 45.5 Å². The first-order valence-electron chi connectivity index (χ1n) is 8.48. The van der Waals surface area contributed by atoms with E-state index in [0.29, 0.717) is 22.0 Å². The number of amides is 2. The van der Waals surface area contributed by atoms with Gasteiger partial charge in [0.25, 0.3) is 11.8 Å². The van der Waals surface area contributed by atoms with Crippen LogP contribution in [0.25, 0.3) is 0 Å². The van der Waals surface area contributed by atoms with Crippen LogP contribution >= 0.6 is 23.6 Å². The number of benzene rings is 1. The first-order valence-corrected chi connectivity index (χ1v) is 9.71. The molecule has 0 unspecified atom stereocenters. The van der Waals surface area contributed by atoms with Crippen LogP contribution < -0.4 is 16.4 Å². The molecule has 26 heavy (non-hydrogen) atoms. The van der Waals surface area contributed by atoms with Crippen molar-refractivity contribution < 1.29 is 9.59 Å². The molecule has 7 heteroatoms. The molecule has 5 nitrogen and oxygen atoms in total. The molecule has 0 fully saturated rings. The predicted molar refractivity (Wildman–Crippen MR) is 109 cm³/mol. The Labute approximate surface area is 162 Å². The largest absolute Gasteiger partial charge is 0.365 e. The van der Waals surface area contributed by atoms with E-state index in [2.05, 4.69) is 17.6 Å². The van der Waals surface area contributed by atoms with E-state index in [9.17, 15) is 9.59 Å². The number of aryl methyl sites for hydroxylation is 1. The van der Waals surface area contributed by atoms with E-state index in [0.717, 1.165) is 30.4 Å². The standard InChI is InChI=1S/C19H21N3O2S2/c1-10-4-3-5-12(8-10)17(24)21-19(25)22-18-15(16(20)23)13-7-6-11(2)9-14(13)26-18/h3-5,8,11H,6-7,9H2,1-2H3,(H2,20,23)(H2,21,22,24,25)/t11-/m0/s1. The third-order valence-corrected chi connectivity index (χ3v) is 5.87. The molecule has 1 atom stereocenters. The monoisotopic (exact) mass is 387 g/mol. The van der Waals surface area contributed by atoms with Crippen LogP contribution in [0.1, 0.15) is 50.1 Å². The van der Waals surface area contributed by atoms with E-state index in [1.165, 1.54) is 16.2 Å². The van der Waals surface area contributed by atoms with Gasteiger partial charge in [0.1, 0.15) is 5.00 Å². The Morgan fingerprint density at radius 1 is 1.35 bits per heavy atom. The molecule has 1 aromatic heterocycles. The second-order valence-electron chi connectivity index (χ2n) is 6.70. The highest BCUT2D eigenvalue weighted by Crippen LogP contribution is 2.39. The molecule has 2 aromatic rings. The highest BCUT2D eigenvalue weighted by molar-refractivity contribution is 7.80. The van der Waals surface area contributed by atoms with Gasteiger partial charge in [-0.25, -0.2) is 0 Å². The summed E-state index contributed by atoms with van der Waals surface area (Å²) in [4.78, 5) is 25.5. The van der Waals surface area contributed by atoms with Gasteiger partial charge in [0.2, 0.25) is 0 Å². The first-order chi connectivity index (χ1) is 12.3. The van der Waals surface area contributed by atoms with Gasteiger partial charge in [-0.15, -0.1) is 11.3 Å². The molecule has 1 heterocycles. The lowest BCUT2D eigenvalue weighted by Gasteiger charge is -2.18. The Kier molecular flexibility index (Phi) is 5.38. The van der Waals surface area contributed by atoms with E-state index in [-0.39, 0.29) is 11.0 Å². The van der Waals surface area contributed by atoms with Gasteiger partial charge in [0.15, 0.2) is 5.11 Å². The van der Waals surface area contributed by atoms with Crippen LogP contribution in [0, 0.1) is 12.8 Å². The van der Waals surface area contributed by atoms with Gasteiger partial charge in [0.05, 0.1) is 5.56 Å². The molecule has 2 amide bonds. The van der Waals surface area contributed by atoms with Crippen LogP contribution in [-0.2, 0) is 12.8 Å². The van der Waals surface area contributed by atoms with Crippen LogP contribution in [0.15, 0.2) is 24.3 Å². The number of carbonyl (C=O) groups is 2. The fourth-order valence-corrected chi connectivity index (χ4v) is 4.88. The number of thiocarbonyl (C=S) groups is 1. The topological polar surface area (TPSA) is 84.2 Å². The lowest BCUT2D eigenvalue weighted by molar-refractivity contribution is 0.0975. The molecule has 0 radical (unpaired) electrons. The number of carbonyl (C=O) groups excluding carboxylic acids is 2. The number of nitrogens with one attached hydrogen (secondary N) is 2. The summed E-state index contributed by atoms with van der Waals surface area (Å²) in [5, 5.41) is 6.43. The van der Waals surface area contributed by atoms with Crippen molar-refractivity contribution in [3.8, 4) is 0 Å². The van der Waals surface area contributed by atoms with Crippen LogP contribution in [0.5, 0.6) is 0 Å². The SMILES string of the molecule is Cc1cccc(C(=O)NC(=S)Nc2sc3c(c2C(N)=O)CC[C@H](C)C3)c1. The molecular weight excluding hydrogens is 366 g/mol. The number of thiophene rings is 1. The molecule has 4 N–H and O–H groups in total. The summed E-state index contributed by atoms with van der Waals surface area (Å²) in [5.74, 6) is -0.170. The Morgan fingerprint density at radius 2 is 2.12 bits per heavy atom. The lowest BCUT2D eigenvalue weighted by atomic mass is 9.88. The molecule has 1 aromatic carbocycles. The van der Waals surface area contributed by atoms with Gasteiger partial charge < -0.3 is 11.1 Å². The van der Waals surface area contributed by atoms with Crippen molar-refractivity contribution in [1.82, 2.24) is 5.32 Å². The van der Waals surface area contributed by atoms with Crippen molar-refractivity contribution in [2.75, 3.05) is 5.32 Å². The van der Waals surface area contributed by atoms with E-state index >= 15 is 0 Å². The van der Waals surface area contributed by atoms with Crippen molar-refractivity contribution in [3.63, 3.8) is 0 Å². The Balaban J connectivity index is 1.77. The highest BCUT2D eigenvalue weighted by Gasteiger charge is 2.27. The summed E-state index contributed by atoms with van der Waals surface area (Å²) < 4.78 is 0. The fourth-order valence-electron chi connectivity index (χ4n) is 3.20. The van der Waals surface area contributed by atoms with Gasteiger partial charge in [-0.2, -0.15) is 0 Å². The Bertz CT molecular complexity index is 889. The maximum Gasteiger partial charge on any atom is 0.257 e. The van der Waals surface area contributed by atoms with E-state index in [1.54, 1.807) is 12.1 Å². The zero-order chi connectivity index (χ0) is 18.8. The first kappa shape index (κ1) is 18.5. The fraction of sp³-hybridized carbons (Fsp3) is 0.316. The van der Waals surface area contributed by atoms with Crippen molar-refractivity contribution in [3.05, 3.63) is 51.4 Å². The molecule has 0 saturated carbocycles. The zero-order valence-electron chi connectivity index (χ0n) is 14.7. The third-order valence-electron chi connectivity index (χ3n) is 4.49. The van der Waals surface area contributed by atoms with E-state index < -0.39 is 5.91 Å². The Morgan fingerprint density at radius 3 is 2.81 bits per heavy atom. The summed E-state index contributed by atoms with van der Waals surface area (Å²) in [6, 6.07) is 7.26. The van der Waals surface area contributed by atoms with Crippen molar-refractivity contribution in [1.29, 1.82) is 0 Å².